The van der Waals surface area contributed by atoms with Crippen LogP contribution in [0.3, 0.4) is 0 Å². The summed E-state index contributed by atoms with van der Waals surface area (Å²) in [5.41, 5.74) is -0.1000. The average molecular weight is 241 g/mol. The zero-order valence-corrected chi connectivity index (χ0v) is 9.35. The molecule has 0 bridgehead atoms. The van der Waals surface area contributed by atoms with E-state index in [0.717, 1.165) is 25.3 Å². The van der Waals surface area contributed by atoms with Crippen molar-refractivity contribution in [1.29, 1.82) is 0 Å². The van der Waals surface area contributed by atoms with Crippen LogP contribution in [-0.4, -0.2) is 6.54 Å². The summed E-state index contributed by atoms with van der Waals surface area (Å²) in [4.78, 5) is 0. The molecule has 17 heavy (non-hydrogen) atoms. The zero-order valence-electron chi connectivity index (χ0n) is 9.35. The fraction of sp³-hybridized carbons (Fsp3) is 0.385. The summed E-state index contributed by atoms with van der Waals surface area (Å²) in [5.74, 6) is -2.55. The minimum atomic E-state index is -1.16. The smallest absolute Gasteiger partial charge is 0.182 e. The van der Waals surface area contributed by atoms with Crippen molar-refractivity contribution in [3.05, 3.63) is 41.7 Å². The lowest BCUT2D eigenvalue weighted by Gasteiger charge is -2.19. The monoisotopic (exact) mass is 241 g/mol. The second-order valence-corrected chi connectivity index (χ2v) is 4.28. The van der Waals surface area contributed by atoms with E-state index in [-0.39, 0.29) is 5.69 Å². The van der Waals surface area contributed by atoms with Gasteiger partial charge in [0.25, 0.3) is 0 Å². The Balaban J connectivity index is 2.01. The SMILES string of the molecule is Fc1cc(F)c(F)c(NCC2CC=CCC2)c1. The quantitative estimate of drug-likeness (QED) is 0.625. The van der Waals surface area contributed by atoms with Gasteiger partial charge in [0.1, 0.15) is 5.82 Å². The molecule has 0 radical (unpaired) electrons. The van der Waals surface area contributed by atoms with Gasteiger partial charge >= 0.3 is 0 Å². The Bertz CT molecular complexity index is 429. The molecule has 0 fully saturated rings. The maximum Gasteiger partial charge on any atom is 0.182 e. The zero-order chi connectivity index (χ0) is 12.3. The van der Waals surface area contributed by atoms with Crippen LogP contribution in [0.15, 0.2) is 24.3 Å². The fourth-order valence-corrected chi connectivity index (χ4v) is 1.98. The standard InChI is InChI=1S/C13H14F3N/c14-10-6-11(15)13(16)12(7-10)17-8-9-4-2-1-3-5-9/h1-2,6-7,9,17H,3-5,8H2. The minimum absolute atomic E-state index is 0.1000. The van der Waals surface area contributed by atoms with Gasteiger partial charge in [0.05, 0.1) is 5.69 Å². The predicted molar refractivity (Wildman–Crippen MR) is 61.3 cm³/mol. The molecule has 1 aliphatic rings. The van der Waals surface area contributed by atoms with Crippen molar-refractivity contribution in [3.63, 3.8) is 0 Å². The van der Waals surface area contributed by atoms with Crippen LogP contribution >= 0.6 is 0 Å². The van der Waals surface area contributed by atoms with Crippen LogP contribution in [0.2, 0.25) is 0 Å². The molecule has 1 aromatic rings. The number of halogens is 3. The van der Waals surface area contributed by atoms with Crippen LogP contribution in [0.25, 0.3) is 0 Å². The molecule has 2 rings (SSSR count). The first-order valence-corrected chi connectivity index (χ1v) is 5.70. The van der Waals surface area contributed by atoms with E-state index in [4.69, 9.17) is 0 Å². The van der Waals surface area contributed by atoms with E-state index in [2.05, 4.69) is 17.5 Å². The average Bonchev–Trinajstić information content (AvgIpc) is 2.33. The highest BCUT2D eigenvalue weighted by atomic mass is 19.2. The summed E-state index contributed by atoms with van der Waals surface area (Å²) < 4.78 is 39.2. The van der Waals surface area contributed by atoms with Crippen LogP contribution in [0.4, 0.5) is 18.9 Å². The number of benzene rings is 1. The van der Waals surface area contributed by atoms with Gasteiger partial charge in [-0.3, -0.25) is 0 Å². The number of anilines is 1. The molecule has 0 spiro atoms. The highest BCUT2D eigenvalue weighted by Gasteiger charge is 2.13. The first kappa shape index (κ1) is 12.0. The molecule has 0 aliphatic heterocycles. The molecule has 1 N–H and O–H groups in total. The van der Waals surface area contributed by atoms with Crippen molar-refractivity contribution in [2.75, 3.05) is 11.9 Å². The summed E-state index contributed by atoms with van der Waals surface area (Å²) in [7, 11) is 0. The molecule has 1 unspecified atom stereocenters. The minimum Gasteiger partial charge on any atom is -0.382 e. The Kier molecular flexibility index (Phi) is 3.71. The van der Waals surface area contributed by atoms with Gasteiger partial charge in [0, 0.05) is 18.7 Å². The first-order valence-electron chi connectivity index (χ1n) is 5.70. The molecule has 0 amide bonds. The molecule has 1 atom stereocenters. The summed E-state index contributed by atoms with van der Waals surface area (Å²) in [6.07, 6.45) is 7.14. The molecule has 1 nitrogen and oxygen atoms in total. The molecular formula is C13H14F3N. The van der Waals surface area contributed by atoms with Crippen molar-refractivity contribution in [2.45, 2.75) is 19.3 Å². The Morgan fingerprint density at radius 3 is 2.71 bits per heavy atom. The number of rotatable bonds is 3. The van der Waals surface area contributed by atoms with Crippen LogP contribution in [-0.2, 0) is 0 Å². The van der Waals surface area contributed by atoms with Crippen molar-refractivity contribution < 1.29 is 13.2 Å². The van der Waals surface area contributed by atoms with Crippen LogP contribution in [0.1, 0.15) is 19.3 Å². The van der Waals surface area contributed by atoms with E-state index in [1.165, 1.54) is 0 Å². The maximum atomic E-state index is 13.3. The normalized spacial score (nSPS) is 19.4. The second kappa shape index (κ2) is 5.25. The highest BCUT2D eigenvalue weighted by molar-refractivity contribution is 5.45. The fourth-order valence-electron chi connectivity index (χ4n) is 1.98. The van der Waals surface area contributed by atoms with Gasteiger partial charge in [-0.15, -0.1) is 0 Å². The summed E-state index contributed by atoms with van der Waals surface area (Å²) >= 11 is 0. The molecule has 1 aliphatic carbocycles. The van der Waals surface area contributed by atoms with E-state index in [0.29, 0.717) is 18.5 Å². The van der Waals surface area contributed by atoms with Gasteiger partial charge in [0.15, 0.2) is 11.6 Å². The Morgan fingerprint density at radius 2 is 2.00 bits per heavy atom. The predicted octanol–water partition coefficient (Wildman–Crippen LogP) is 3.87. The lowest BCUT2D eigenvalue weighted by Crippen LogP contribution is -2.16. The van der Waals surface area contributed by atoms with Gasteiger partial charge in [-0.25, -0.2) is 13.2 Å². The number of allylic oxidation sites excluding steroid dienone is 2. The Hall–Kier alpha value is -1.45. The third kappa shape index (κ3) is 3.02. The van der Waals surface area contributed by atoms with E-state index in [1.54, 1.807) is 0 Å². The van der Waals surface area contributed by atoms with E-state index < -0.39 is 17.5 Å². The lowest BCUT2D eigenvalue weighted by atomic mass is 9.94. The highest BCUT2D eigenvalue weighted by Crippen LogP contribution is 2.22. The van der Waals surface area contributed by atoms with E-state index in [9.17, 15) is 13.2 Å². The topological polar surface area (TPSA) is 12.0 Å². The summed E-state index contributed by atoms with van der Waals surface area (Å²) in [6, 6.07) is 1.53. The van der Waals surface area contributed by atoms with Crippen molar-refractivity contribution >= 4 is 5.69 Å². The number of nitrogens with one attached hydrogen (secondary N) is 1. The van der Waals surface area contributed by atoms with Crippen molar-refractivity contribution in [3.8, 4) is 0 Å². The van der Waals surface area contributed by atoms with E-state index in [1.807, 2.05) is 0 Å². The molecule has 0 aromatic heterocycles. The van der Waals surface area contributed by atoms with Crippen molar-refractivity contribution in [1.82, 2.24) is 0 Å². The summed E-state index contributed by atoms with van der Waals surface area (Å²) in [6.45, 7) is 0.532. The van der Waals surface area contributed by atoms with Crippen LogP contribution in [0.5, 0.6) is 0 Å². The first-order chi connectivity index (χ1) is 8.16. The van der Waals surface area contributed by atoms with Gasteiger partial charge in [-0.1, -0.05) is 12.2 Å². The third-order valence-corrected chi connectivity index (χ3v) is 2.95. The van der Waals surface area contributed by atoms with Gasteiger partial charge < -0.3 is 5.32 Å². The Labute approximate surface area is 98.3 Å². The summed E-state index contributed by atoms with van der Waals surface area (Å²) in [5, 5.41) is 2.78. The molecule has 4 heteroatoms. The second-order valence-electron chi connectivity index (χ2n) is 4.28. The van der Waals surface area contributed by atoms with Crippen molar-refractivity contribution in [2.24, 2.45) is 5.92 Å². The molecule has 0 saturated heterocycles. The number of hydrogen-bond donors (Lipinski definition) is 1. The van der Waals surface area contributed by atoms with Crippen LogP contribution in [0, 0.1) is 23.4 Å². The molecule has 0 saturated carbocycles. The Morgan fingerprint density at radius 1 is 1.18 bits per heavy atom. The lowest BCUT2D eigenvalue weighted by molar-refractivity contribution is 0.486. The molecule has 1 aromatic carbocycles. The van der Waals surface area contributed by atoms with Gasteiger partial charge in [-0.2, -0.15) is 0 Å². The number of hydrogen-bond acceptors (Lipinski definition) is 1. The maximum absolute atomic E-state index is 13.3. The third-order valence-electron chi connectivity index (χ3n) is 2.95. The van der Waals surface area contributed by atoms with Crippen LogP contribution < -0.4 is 5.32 Å². The molecular weight excluding hydrogens is 227 g/mol. The molecule has 92 valence electrons. The molecule has 0 heterocycles. The van der Waals surface area contributed by atoms with E-state index >= 15 is 0 Å². The van der Waals surface area contributed by atoms with Gasteiger partial charge in [-0.05, 0) is 25.2 Å². The van der Waals surface area contributed by atoms with Gasteiger partial charge in [0.2, 0.25) is 0 Å². The largest absolute Gasteiger partial charge is 0.382 e.